The molecular weight excluding hydrogens is 428 g/mol. The Bertz CT molecular complexity index is 1240. The zero-order valence-electron chi connectivity index (χ0n) is 16.0. The Morgan fingerprint density at radius 1 is 1.13 bits per heavy atom. The molecule has 0 saturated heterocycles. The molecule has 156 valence electrons. The molecule has 0 radical (unpaired) electrons. The van der Waals surface area contributed by atoms with Crippen molar-refractivity contribution >= 4 is 33.2 Å². The molecule has 3 N–H and O–H groups in total. The van der Waals surface area contributed by atoms with Crippen molar-refractivity contribution in [2.75, 3.05) is 11.9 Å². The first kappa shape index (κ1) is 21.7. The quantitative estimate of drug-likeness (QED) is 0.515. The molecule has 0 aliphatic rings. The van der Waals surface area contributed by atoms with Crippen molar-refractivity contribution in [1.29, 1.82) is 0 Å². The monoisotopic (exact) mass is 446 g/mol. The van der Waals surface area contributed by atoms with Crippen LogP contribution in [0.15, 0.2) is 64.3 Å². The molecule has 0 fully saturated rings. The van der Waals surface area contributed by atoms with E-state index in [2.05, 4.69) is 20.0 Å². The standard InChI is InChI=1S/C20H19ClN4O4S/c1-13-11-19(27)25-20(23-13)14-5-4-6-15(12-14)24-18(26)9-10-22-30(28,29)17-8-3-2-7-16(17)21/h2-8,11-12,22H,9-10H2,1H3,(H,24,26)(H,23,25,27). The zero-order valence-corrected chi connectivity index (χ0v) is 17.5. The number of amides is 1. The van der Waals surface area contributed by atoms with Gasteiger partial charge in [0.15, 0.2) is 0 Å². The minimum atomic E-state index is -3.81. The maximum absolute atomic E-state index is 12.3. The van der Waals surface area contributed by atoms with Crippen LogP contribution in [0.3, 0.4) is 0 Å². The number of hydrogen-bond acceptors (Lipinski definition) is 5. The molecule has 0 atom stereocenters. The lowest BCUT2D eigenvalue weighted by molar-refractivity contribution is -0.116. The van der Waals surface area contributed by atoms with Gasteiger partial charge in [-0.05, 0) is 31.2 Å². The summed E-state index contributed by atoms with van der Waals surface area (Å²) in [6.45, 7) is 1.62. The number of hydrogen-bond donors (Lipinski definition) is 3. The number of H-pyrrole nitrogens is 1. The number of benzene rings is 2. The molecule has 3 rings (SSSR count). The van der Waals surface area contributed by atoms with E-state index >= 15 is 0 Å². The highest BCUT2D eigenvalue weighted by Gasteiger charge is 2.17. The third-order valence-electron chi connectivity index (χ3n) is 4.06. The fraction of sp³-hybridized carbons (Fsp3) is 0.150. The summed E-state index contributed by atoms with van der Waals surface area (Å²) in [5.41, 5.74) is 1.44. The molecule has 1 heterocycles. The SMILES string of the molecule is Cc1cc(=O)[nH]c(-c2cccc(NC(=O)CCNS(=O)(=O)c3ccccc3Cl)c2)n1. The number of aromatic amines is 1. The first-order valence-corrected chi connectivity index (χ1v) is 10.8. The van der Waals surface area contributed by atoms with E-state index < -0.39 is 10.0 Å². The third kappa shape index (κ3) is 5.53. The van der Waals surface area contributed by atoms with Crippen LogP contribution in [-0.4, -0.2) is 30.8 Å². The summed E-state index contributed by atoms with van der Waals surface area (Å²) in [6, 6.07) is 14.3. The maximum atomic E-state index is 12.3. The normalized spacial score (nSPS) is 11.3. The first-order chi connectivity index (χ1) is 14.2. The van der Waals surface area contributed by atoms with Crippen molar-refractivity contribution in [3.05, 3.63) is 75.7 Å². The molecular formula is C20H19ClN4O4S. The molecule has 0 aliphatic carbocycles. The summed E-state index contributed by atoms with van der Waals surface area (Å²) < 4.78 is 26.9. The summed E-state index contributed by atoms with van der Waals surface area (Å²) in [7, 11) is -3.81. The number of nitrogens with zero attached hydrogens (tertiary/aromatic N) is 1. The summed E-state index contributed by atoms with van der Waals surface area (Å²) in [5, 5.41) is 2.80. The third-order valence-corrected chi connectivity index (χ3v) is 6.02. The molecule has 0 bridgehead atoms. The predicted octanol–water partition coefficient (Wildman–Crippen LogP) is 2.71. The van der Waals surface area contributed by atoms with E-state index in [0.29, 0.717) is 22.8 Å². The molecule has 10 heteroatoms. The van der Waals surface area contributed by atoms with Crippen LogP contribution in [0.4, 0.5) is 5.69 Å². The molecule has 30 heavy (non-hydrogen) atoms. The largest absolute Gasteiger partial charge is 0.326 e. The average Bonchev–Trinajstić information content (AvgIpc) is 2.67. The van der Waals surface area contributed by atoms with Crippen LogP contribution in [0, 0.1) is 6.92 Å². The Morgan fingerprint density at radius 2 is 1.90 bits per heavy atom. The van der Waals surface area contributed by atoms with E-state index in [1.807, 2.05) is 0 Å². The van der Waals surface area contributed by atoms with Gasteiger partial charge in [-0.3, -0.25) is 9.59 Å². The molecule has 2 aromatic carbocycles. The molecule has 1 amide bonds. The van der Waals surface area contributed by atoms with Gasteiger partial charge in [0, 0.05) is 36.0 Å². The Kier molecular flexibility index (Phi) is 6.66. The molecule has 0 unspecified atom stereocenters. The van der Waals surface area contributed by atoms with Crippen LogP contribution in [0.2, 0.25) is 5.02 Å². The number of rotatable bonds is 7. The lowest BCUT2D eigenvalue weighted by atomic mass is 10.2. The van der Waals surface area contributed by atoms with Crippen molar-refractivity contribution in [1.82, 2.24) is 14.7 Å². The highest BCUT2D eigenvalue weighted by Crippen LogP contribution is 2.20. The lowest BCUT2D eigenvalue weighted by Crippen LogP contribution is -2.28. The second-order valence-electron chi connectivity index (χ2n) is 6.44. The van der Waals surface area contributed by atoms with Crippen LogP contribution in [0.25, 0.3) is 11.4 Å². The van der Waals surface area contributed by atoms with E-state index in [9.17, 15) is 18.0 Å². The number of aromatic nitrogens is 2. The van der Waals surface area contributed by atoms with Crippen LogP contribution in [-0.2, 0) is 14.8 Å². The van der Waals surface area contributed by atoms with Gasteiger partial charge in [0.25, 0.3) is 5.56 Å². The average molecular weight is 447 g/mol. The number of anilines is 1. The fourth-order valence-corrected chi connectivity index (χ4v) is 4.27. The van der Waals surface area contributed by atoms with Crippen LogP contribution < -0.4 is 15.6 Å². The van der Waals surface area contributed by atoms with E-state index in [0.717, 1.165) is 0 Å². The van der Waals surface area contributed by atoms with Crippen molar-refractivity contribution < 1.29 is 13.2 Å². The molecule has 8 nitrogen and oxygen atoms in total. The smallest absolute Gasteiger partial charge is 0.251 e. The van der Waals surface area contributed by atoms with Crippen molar-refractivity contribution in [3.63, 3.8) is 0 Å². The Morgan fingerprint density at radius 3 is 2.63 bits per heavy atom. The minimum Gasteiger partial charge on any atom is -0.326 e. The summed E-state index contributed by atoms with van der Waals surface area (Å²) >= 11 is 5.92. The van der Waals surface area contributed by atoms with Gasteiger partial charge < -0.3 is 10.3 Å². The van der Waals surface area contributed by atoms with E-state index in [1.165, 1.54) is 18.2 Å². The fourth-order valence-electron chi connectivity index (χ4n) is 2.72. The van der Waals surface area contributed by atoms with Gasteiger partial charge in [0.2, 0.25) is 15.9 Å². The van der Waals surface area contributed by atoms with Gasteiger partial charge in [-0.1, -0.05) is 35.9 Å². The molecule has 3 aromatic rings. The van der Waals surface area contributed by atoms with Crippen molar-refractivity contribution in [2.24, 2.45) is 0 Å². The first-order valence-electron chi connectivity index (χ1n) is 8.97. The molecule has 0 saturated carbocycles. The van der Waals surface area contributed by atoms with Gasteiger partial charge in [-0.25, -0.2) is 18.1 Å². The topological polar surface area (TPSA) is 121 Å². The Balaban J connectivity index is 1.62. The number of carbonyl (C=O) groups is 1. The van der Waals surface area contributed by atoms with Crippen molar-refractivity contribution in [3.8, 4) is 11.4 Å². The number of carbonyl (C=O) groups excluding carboxylic acids is 1. The summed E-state index contributed by atoms with van der Waals surface area (Å²) in [5.74, 6) is 0.0169. The second kappa shape index (κ2) is 9.21. The maximum Gasteiger partial charge on any atom is 0.251 e. The Labute approximate surface area is 178 Å². The number of nitrogens with one attached hydrogen (secondary N) is 3. The Hall–Kier alpha value is -3.01. The van der Waals surface area contributed by atoms with Crippen molar-refractivity contribution in [2.45, 2.75) is 18.2 Å². The second-order valence-corrected chi connectivity index (χ2v) is 8.59. The zero-order chi connectivity index (χ0) is 21.7. The van der Waals surface area contributed by atoms with Crippen LogP contribution in [0.1, 0.15) is 12.1 Å². The van der Waals surface area contributed by atoms with Crippen LogP contribution in [0.5, 0.6) is 0 Å². The van der Waals surface area contributed by atoms with Gasteiger partial charge in [0.1, 0.15) is 10.7 Å². The van der Waals surface area contributed by atoms with Gasteiger partial charge >= 0.3 is 0 Å². The highest BCUT2D eigenvalue weighted by atomic mass is 35.5. The van der Waals surface area contributed by atoms with E-state index in [1.54, 1.807) is 43.3 Å². The summed E-state index contributed by atoms with van der Waals surface area (Å²) in [4.78, 5) is 30.7. The highest BCUT2D eigenvalue weighted by molar-refractivity contribution is 7.89. The summed E-state index contributed by atoms with van der Waals surface area (Å²) in [6.07, 6.45) is -0.0760. The van der Waals surface area contributed by atoms with Gasteiger partial charge in [-0.15, -0.1) is 0 Å². The van der Waals surface area contributed by atoms with E-state index in [4.69, 9.17) is 11.6 Å². The molecule has 0 spiro atoms. The molecule has 0 aliphatic heterocycles. The van der Waals surface area contributed by atoms with Gasteiger partial charge in [0.05, 0.1) is 5.02 Å². The van der Waals surface area contributed by atoms with Gasteiger partial charge in [-0.2, -0.15) is 0 Å². The minimum absolute atomic E-state index is 0.0422. The lowest BCUT2D eigenvalue weighted by Gasteiger charge is -2.09. The number of halogens is 1. The predicted molar refractivity (Wildman–Crippen MR) is 115 cm³/mol. The van der Waals surface area contributed by atoms with E-state index in [-0.39, 0.29) is 34.4 Å². The number of aryl methyl sites for hydroxylation is 1. The number of sulfonamides is 1. The molecule has 1 aromatic heterocycles. The van der Waals surface area contributed by atoms with Crippen LogP contribution >= 0.6 is 11.6 Å².